The van der Waals surface area contributed by atoms with Crippen molar-refractivity contribution in [1.82, 2.24) is 4.57 Å². The maximum absolute atomic E-state index is 13.3. The summed E-state index contributed by atoms with van der Waals surface area (Å²) < 4.78 is 46.7. The number of nitrogens with one attached hydrogen (secondary N) is 1. The van der Waals surface area contributed by atoms with E-state index in [2.05, 4.69) is 5.32 Å². The summed E-state index contributed by atoms with van der Waals surface area (Å²) in [6.45, 7) is 2.01. The minimum absolute atomic E-state index is 0.0206. The minimum Gasteiger partial charge on any atom is -0.504 e. The number of aromatic hydroxyl groups is 1. The van der Waals surface area contributed by atoms with Crippen molar-refractivity contribution in [2.75, 3.05) is 11.9 Å². The third kappa shape index (κ3) is 4.11. The molecular weight excluding hydrogens is 441 g/mol. The van der Waals surface area contributed by atoms with Crippen molar-refractivity contribution in [1.29, 1.82) is 0 Å². The molecule has 1 aliphatic heterocycles. The van der Waals surface area contributed by atoms with E-state index < -0.39 is 29.5 Å². The van der Waals surface area contributed by atoms with Gasteiger partial charge >= 0.3 is 12.1 Å². The summed E-state index contributed by atoms with van der Waals surface area (Å²) in [7, 11) is 0. The van der Waals surface area contributed by atoms with E-state index in [1.807, 2.05) is 0 Å². The molecule has 2 heterocycles. The Morgan fingerprint density at radius 3 is 2.67 bits per heavy atom. The van der Waals surface area contributed by atoms with Gasteiger partial charge in [0, 0.05) is 24.2 Å². The number of phenolic OH excluding ortho intramolecular Hbond substituents is 1. The third-order valence-corrected chi connectivity index (χ3v) is 5.40. The first-order valence-electron chi connectivity index (χ1n) is 10.0. The molecule has 1 aromatic heterocycles. The van der Waals surface area contributed by atoms with E-state index in [1.165, 1.54) is 35.0 Å². The van der Waals surface area contributed by atoms with Crippen LogP contribution in [0.5, 0.6) is 11.5 Å². The van der Waals surface area contributed by atoms with Crippen molar-refractivity contribution < 1.29 is 37.7 Å². The number of anilines is 1. The first-order valence-corrected chi connectivity index (χ1v) is 10.0. The molecule has 1 aliphatic rings. The summed E-state index contributed by atoms with van der Waals surface area (Å²) in [6, 6.07) is 8.99. The minimum atomic E-state index is -4.59. The monoisotopic (exact) mass is 460 g/mol. The second-order valence-corrected chi connectivity index (χ2v) is 7.49. The van der Waals surface area contributed by atoms with Gasteiger partial charge in [0.05, 0.1) is 23.6 Å². The van der Waals surface area contributed by atoms with E-state index in [0.29, 0.717) is 11.3 Å². The van der Waals surface area contributed by atoms with Crippen LogP contribution in [-0.4, -0.2) is 33.3 Å². The van der Waals surface area contributed by atoms with Gasteiger partial charge in [0.15, 0.2) is 11.5 Å². The van der Waals surface area contributed by atoms with Crippen molar-refractivity contribution in [2.24, 2.45) is 0 Å². The number of aromatic carboxylic acids is 1. The lowest BCUT2D eigenvalue weighted by Gasteiger charge is -2.27. The van der Waals surface area contributed by atoms with E-state index in [0.717, 1.165) is 12.1 Å². The highest BCUT2D eigenvalue weighted by Crippen LogP contribution is 2.43. The number of fused-ring (bicyclic) bond motifs is 1. The Labute approximate surface area is 186 Å². The number of amides is 1. The smallest absolute Gasteiger partial charge is 0.416 e. The Kier molecular flexibility index (Phi) is 5.52. The lowest BCUT2D eigenvalue weighted by molar-refractivity contribution is -0.137. The number of carbonyl (C=O) groups excluding carboxylic acids is 1. The summed E-state index contributed by atoms with van der Waals surface area (Å²) in [5.41, 5.74) is -0.163. The van der Waals surface area contributed by atoms with E-state index in [9.17, 15) is 33.0 Å². The highest BCUT2D eigenvalue weighted by molar-refractivity contribution is 6.04. The zero-order chi connectivity index (χ0) is 23.9. The van der Waals surface area contributed by atoms with Gasteiger partial charge in [-0.2, -0.15) is 13.2 Å². The molecule has 4 rings (SSSR count). The Bertz CT molecular complexity index is 1250. The molecule has 0 saturated carbocycles. The van der Waals surface area contributed by atoms with Gasteiger partial charge in [-0.25, -0.2) is 4.79 Å². The van der Waals surface area contributed by atoms with Crippen LogP contribution < -0.4 is 10.1 Å². The van der Waals surface area contributed by atoms with E-state index in [1.54, 1.807) is 13.0 Å². The first-order chi connectivity index (χ1) is 15.6. The summed E-state index contributed by atoms with van der Waals surface area (Å²) in [4.78, 5) is 24.3. The molecule has 0 aliphatic carbocycles. The number of carboxylic acid groups (broad SMARTS) is 1. The van der Waals surface area contributed by atoms with Gasteiger partial charge in [-0.1, -0.05) is 12.1 Å². The molecule has 172 valence electrons. The highest BCUT2D eigenvalue weighted by Gasteiger charge is 2.36. The van der Waals surface area contributed by atoms with Crippen LogP contribution in [0.25, 0.3) is 5.69 Å². The number of halogens is 3. The second-order valence-electron chi connectivity index (χ2n) is 7.49. The Morgan fingerprint density at radius 1 is 1.24 bits per heavy atom. The Hall–Kier alpha value is -3.95. The number of carbonyl (C=O) groups is 2. The maximum Gasteiger partial charge on any atom is 0.416 e. The average molecular weight is 460 g/mol. The second kappa shape index (κ2) is 8.19. The molecule has 7 nitrogen and oxygen atoms in total. The third-order valence-electron chi connectivity index (χ3n) is 5.40. The Morgan fingerprint density at radius 2 is 2.00 bits per heavy atom. The van der Waals surface area contributed by atoms with Crippen molar-refractivity contribution in [3.63, 3.8) is 0 Å². The number of carboxylic acids is 1. The number of aromatic nitrogens is 1. The number of hydrogen-bond donors (Lipinski definition) is 3. The molecular formula is C23H19F3N2O5. The van der Waals surface area contributed by atoms with Crippen molar-refractivity contribution in [2.45, 2.75) is 25.4 Å². The standard InChI is InChI=1S/C23H19F3N2O5/c1-2-33-18-8-12(6-7-17(18)29)15-10-19(30)27-20-16(22(31)32)11-28(21(15)20)14-5-3-4-13(9-14)23(24,25)26/h3-9,11,15,29H,2,10H2,1H3,(H,27,30)(H,31,32)/t15-/m0/s1. The zero-order valence-electron chi connectivity index (χ0n) is 17.3. The van der Waals surface area contributed by atoms with Crippen molar-refractivity contribution in [3.05, 3.63) is 71.0 Å². The van der Waals surface area contributed by atoms with Crippen LogP contribution in [-0.2, 0) is 11.0 Å². The number of nitrogens with zero attached hydrogens (tertiary/aromatic N) is 1. The van der Waals surface area contributed by atoms with Gasteiger partial charge in [0.25, 0.3) is 0 Å². The summed E-state index contributed by atoms with van der Waals surface area (Å²) >= 11 is 0. The molecule has 10 heteroatoms. The van der Waals surface area contributed by atoms with Gasteiger partial charge < -0.3 is 24.8 Å². The normalized spacial score (nSPS) is 15.6. The first kappa shape index (κ1) is 22.3. The number of phenols is 1. The van der Waals surface area contributed by atoms with Crippen LogP contribution in [0, 0.1) is 0 Å². The molecule has 2 aromatic carbocycles. The number of rotatable bonds is 5. The van der Waals surface area contributed by atoms with Crippen LogP contribution in [0.4, 0.5) is 18.9 Å². The van der Waals surface area contributed by atoms with Crippen LogP contribution in [0.3, 0.4) is 0 Å². The number of alkyl halides is 3. The van der Waals surface area contributed by atoms with Gasteiger partial charge in [0.2, 0.25) is 5.91 Å². The number of hydrogen-bond acceptors (Lipinski definition) is 4. The molecule has 1 atom stereocenters. The van der Waals surface area contributed by atoms with Crippen LogP contribution in [0.2, 0.25) is 0 Å². The van der Waals surface area contributed by atoms with E-state index >= 15 is 0 Å². The Balaban J connectivity index is 1.94. The molecule has 33 heavy (non-hydrogen) atoms. The lowest BCUT2D eigenvalue weighted by atomic mass is 9.88. The van der Waals surface area contributed by atoms with E-state index in [4.69, 9.17) is 4.74 Å². The highest BCUT2D eigenvalue weighted by atomic mass is 19.4. The number of benzene rings is 2. The molecule has 0 unspecified atom stereocenters. The molecule has 3 aromatic rings. The van der Waals surface area contributed by atoms with Crippen LogP contribution in [0.15, 0.2) is 48.7 Å². The van der Waals surface area contributed by atoms with Gasteiger partial charge in [-0.05, 0) is 42.8 Å². The van der Waals surface area contributed by atoms with Crippen molar-refractivity contribution >= 4 is 17.6 Å². The van der Waals surface area contributed by atoms with Gasteiger partial charge in [-0.15, -0.1) is 0 Å². The fourth-order valence-corrected chi connectivity index (χ4v) is 3.97. The maximum atomic E-state index is 13.3. The molecule has 0 saturated heterocycles. The van der Waals surface area contributed by atoms with Crippen LogP contribution in [0.1, 0.15) is 46.4 Å². The summed E-state index contributed by atoms with van der Waals surface area (Å²) in [5, 5.41) is 22.3. The summed E-state index contributed by atoms with van der Waals surface area (Å²) in [5.74, 6) is -2.41. The fourth-order valence-electron chi connectivity index (χ4n) is 3.97. The predicted octanol–water partition coefficient (Wildman–Crippen LogP) is 4.77. The molecule has 0 bridgehead atoms. The van der Waals surface area contributed by atoms with Gasteiger partial charge in [-0.3, -0.25) is 4.79 Å². The average Bonchev–Trinajstić information content (AvgIpc) is 3.14. The van der Waals surface area contributed by atoms with Crippen LogP contribution >= 0.6 is 0 Å². The van der Waals surface area contributed by atoms with Gasteiger partial charge in [0.1, 0.15) is 5.56 Å². The quantitative estimate of drug-likeness (QED) is 0.509. The topological polar surface area (TPSA) is 101 Å². The lowest BCUT2D eigenvalue weighted by Crippen LogP contribution is -2.25. The number of ether oxygens (including phenoxy) is 1. The predicted molar refractivity (Wildman–Crippen MR) is 112 cm³/mol. The fraction of sp³-hybridized carbons (Fsp3) is 0.217. The molecule has 3 N–H and O–H groups in total. The van der Waals surface area contributed by atoms with Crippen molar-refractivity contribution in [3.8, 4) is 17.2 Å². The molecule has 1 amide bonds. The van der Waals surface area contributed by atoms with E-state index in [-0.39, 0.29) is 41.5 Å². The summed E-state index contributed by atoms with van der Waals surface area (Å²) in [6.07, 6.45) is -3.47. The molecule has 0 fully saturated rings. The SMILES string of the molecule is CCOc1cc([C@@H]2CC(=O)Nc3c(C(=O)O)cn(-c4cccc(C(F)(F)F)c4)c32)ccc1O. The zero-order valence-corrected chi connectivity index (χ0v) is 17.3. The molecule has 0 radical (unpaired) electrons. The largest absolute Gasteiger partial charge is 0.504 e. The molecule has 0 spiro atoms.